The molecule has 12 nitrogen and oxygen atoms in total. The Kier molecular flexibility index (Phi) is 6.71. The van der Waals surface area contributed by atoms with E-state index in [1.807, 2.05) is 38.1 Å². The summed E-state index contributed by atoms with van der Waals surface area (Å²) < 4.78 is 18.6. The number of carbonyl (C=O) groups is 1. The first kappa shape index (κ1) is 24.9. The summed E-state index contributed by atoms with van der Waals surface area (Å²) >= 11 is 0. The fraction of sp³-hybridized carbons (Fsp3) is 0.565. The van der Waals surface area contributed by atoms with E-state index in [2.05, 4.69) is 9.88 Å². The van der Waals surface area contributed by atoms with E-state index in [9.17, 15) is 20.0 Å². The summed E-state index contributed by atoms with van der Waals surface area (Å²) in [7, 11) is 3.17. The van der Waals surface area contributed by atoms with Gasteiger partial charge in [-0.25, -0.2) is 4.79 Å². The molecule has 4 rings (SSSR count). The SMILES string of the molecule is COC(C)(OC)c1ccc(CC2CN(CC3(C)Cn4cc([N+](=O)[O-])nc4O3)CCN2C(=O)O)cc1. The maximum atomic E-state index is 11.9. The minimum absolute atomic E-state index is 0.230. The number of methoxy groups -OCH3 is 2. The average Bonchev–Trinajstić information content (AvgIpc) is 3.34. The summed E-state index contributed by atoms with van der Waals surface area (Å²) in [6.07, 6.45) is 1.01. The van der Waals surface area contributed by atoms with Crippen LogP contribution < -0.4 is 4.74 Å². The van der Waals surface area contributed by atoms with Crippen molar-refractivity contribution in [2.45, 2.75) is 44.2 Å². The van der Waals surface area contributed by atoms with E-state index >= 15 is 0 Å². The molecular formula is C23H31N5O7. The lowest BCUT2D eigenvalue weighted by Crippen LogP contribution is -2.58. The number of benzene rings is 1. The Balaban J connectivity index is 1.43. The third-order valence-electron chi connectivity index (χ3n) is 6.86. The summed E-state index contributed by atoms with van der Waals surface area (Å²) in [5, 5.41) is 20.7. The van der Waals surface area contributed by atoms with Crippen LogP contribution in [0.1, 0.15) is 25.0 Å². The number of ether oxygens (including phenoxy) is 3. The minimum Gasteiger partial charge on any atom is -0.465 e. The molecule has 2 unspecified atom stereocenters. The molecule has 1 aromatic carbocycles. The van der Waals surface area contributed by atoms with Gasteiger partial charge in [0.05, 0.1) is 12.6 Å². The zero-order valence-corrected chi connectivity index (χ0v) is 20.3. The highest BCUT2D eigenvalue weighted by Gasteiger charge is 2.43. The van der Waals surface area contributed by atoms with Crippen LogP contribution in [0.3, 0.4) is 0 Å². The molecule has 2 aromatic rings. The Morgan fingerprint density at radius 2 is 2.00 bits per heavy atom. The number of fused-ring (bicyclic) bond motifs is 1. The monoisotopic (exact) mass is 489 g/mol. The number of rotatable bonds is 8. The van der Waals surface area contributed by atoms with Gasteiger partial charge in [-0.2, -0.15) is 0 Å². The largest absolute Gasteiger partial charge is 0.465 e. The van der Waals surface area contributed by atoms with Gasteiger partial charge in [-0.1, -0.05) is 24.3 Å². The van der Waals surface area contributed by atoms with Gasteiger partial charge in [0.1, 0.15) is 11.8 Å². The van der Waals surface area contributed by atoms with E-state index in [0.717, 1.165) is 11.1 Å². The molecule has 1 fully saturated rings. The second-order valence-corrected chi connectivity index (χ2v) is 9.44. The van der Waals surface area contributed by atoms with E-state index in [-0.39, 0.29) is 17.9 Å². The molecule has 1 saturated heterocycles. The molecule has 12 heteroatoms. The smallest absolute Gasteiger partial charge is 0.415 e. The zero-order valence-electron chi connectivity index (χ0n) is 20.3. The minimum atomic E-state index is -0.937. The molecule has 0 radical (unpaired) electrons. The third-order valence-corrected chi connectivity index (χ3v) is 6.86. The Bertz CT molecular complexity index is 1060. The van der Waals surface area contributed by atoms with Crippen LogP contribution in [0.25, 0.3) is 0 Å². The molecule has 3 heterocycles. The van der Waals surface area contributed by atoms with Crippen LogP contribution in [-0.4, -0.2) is 87.5 Å². The van der Waals surface area contributed by atoms with Gasteiger partial charge in [0, 0.05) is 50.9 Å². The predicted molar refractivity (Wildman–Crippen MR) is 124 cm³/mol. The highest BCUT2D eigenvalue weighted by molar-refractivity contribution is 5.65. The van der Waals surface area contributed by atoms with Gasteiger partial charge < -0.3 is 34.3 Å². The predicted octanol–water partition coefficient (Wildman–Crippen LogP) is 2.31. The quantitative estimate of drug-likeness (QED) is 0.337. The maximum absolute atomic E-state index is 11.9. The van der Waals surface area contributed by atoms with Crippen molar-refractivity contribution in [3.63, 3.8) is 0 Å². The number of nitro groups is 1. The molecule has 2 aliphatic heterocycles. The average molecular weight is 490 g/mol. The van der Waals surface area contributed by atoms with Gasteiger partial charge in [0.15, 0.2) is 5.79 Å². The normalized spacial score (nSPS) is 22.6. The topological polar surface area (TPSA) is 132 Å². The first-order chi connectivity index (χ1) is 16.6. The molecular weight excluding hydrogens is 458 g/mol. The van der Waals surface area contributed by atoms with Crippen LogP contribution in [0.2, 0.25) is 0 Å². The molecule has 2 aliphatic rings. The van der Waals surface area contributed by atoms with E-state index in [1.54, 1.807) is 18.8 Å². The van der Waals surface area contributed by atoms with Crippen LogP contribution in [-0.2, 0) is 28.2 Å². The molecule has 0 spiro atoms. The second-order valence-electron chi connectivity index (χ2n) is 9.44. The number of carboxylic acid groups (broad SMARTS) is 1. The van der Waals surface area contributed by atoms with Gasteiger partial charge in [0.25, 0.3) is 0 Å². The third kappa shape index (κ3) is 5.09. The summed E-state index contributed by atoms with van der Waals surface area (Å²) in [5.41, 5.74) is 1.27. The Morgan fingerprint density at radius 1 is 1.31 bits per heavy atom. The van der Waals surface area contributed by atoms with Crippen LogP contribution >= 0.6 is 0 Å². The van der Waals surface area contributed by atoms with Crippen molar-refractivity contribution in [1.82, 2.24) is 19.4 Å². The van der Waals surface area contributed by atoms with Crippen molar-refractivity contribution in [3.8, 4) is 6.01 Å². The second kappa shape index (κ2) is 9.44. The molecule has 0 saturated carbocycles. The van der Waals surface area contributed by atoms with Gasteiger partial charge in [-0.15, -0.1) is 0 Å². The van der Waals surface area contributed by atoms with Crippen LogP contribution in [0, 0.1) is 10.1 Å². The van der Waals surface area contributed by atoms with E-state index in [4.69, 9.17) is 14.2 Å². The van der Waals surface area contributed by atoms with Gasteiger partial charge in [-0.3, -0.25) is 9.47 Å². The molecule has 0 bridgehead atoms. The standard InChI is InChI=1S/C23H31N5O7/c1-22(15-26-13-19(28(31)32)24-20(26)35-22)14-25-9-10-27(21(29)30)18(12-25)11-16-5-7-17(8-6-16)23(2,33-3)34-4/h5-8,13,18H,9-12,14-15H2,1-4H3,(H,29,30). The van der Waals surface area contributed by atoms with Crippen molar-refractivity contribution in [3.05, 3.63) is 51.7 Å². The van der Waals surface area contributed by atoms with E-state index in [0.29, 0.717) is 39.1 Å². The van der Waals surface area contributed by atoms with Gasteiger partial charge in [-0.05, 0) is 30.8 Å². The van der Waals surface area contributed by atoms with Crippen molar-refractivity contribution >= 4 is 11.9 Å². The lowest BCUT2D eigenvalue weighted by molar-refractivity contribution is -0.389. The first-order valence-corrected chi connectivity index (χ1v) is 11.4. The zero-order chi connectivity index (χ0) is 25.4. The summed E-state index contributed by atoms with van der Waals surface area (Å²) in [5.74, 6) is -1.09. The molecule has 0 aliphatic carbocycles. The Labute approximate surface area is 203 Å². The van der Waals surface area contributed by atoms with Crippen molar-refractivity contribution < 1.29 is 29.0 Å². The van der Waals surface area contributed by atoms with Crippen molar-refractivity contribution in [2.24, 2.45) is 0 Å². The number of imidazole rings is 1. The van der Waals surface area contributed by atoms with Gasteiger partial charge in [0.2, 0.25) is 0 Å². The Morgan fingerprint density at radius 3 is 2.57 bits per heavy atom. The maximum Gasteiger partial charge on any atom is 0.415 e. The van der Waals surface area contributed by atoms with Crippen LogP contribution in [0.4, 0.5) is 10.6 Å². The molecule has 2 atom stereocenters. The number of amides is 1. The highest BCUT2D eigenvalue weighted by Crippen LogP contribution is 2.32. The summed E-state index contributed by atoms with van der Waals surface area (Å²) in [6, 6.07) is 7.81. The Hall–Kier alpha value is -3.22. The molecule has 190 valence electrons. The number of hydrogen-bond donors (Lipinski definition) is 1. The fourth-order valence-electron chi connectivity index (χ4n) is 4.86. The lowest BCUT2D eigenvalue weighted by Gasteiger charge is -2.42. The summed E-state index contributed by atoms with van der Waals surface area (Å²) in [4.78, 5) is 29.9. The van der Waals surface area contributed by atoms with Gasteiger partial charge >= 0.3 is 17.9 Å². The number of nitrogens with zero attached hydrogens (tertiary/aromatic N) is 5. The number of piperazine rings is 1. The van der Waals surface area contributed by atoms with Crippen molar-refractivity contribution in [2.75, 3.05) is 40.4 Å². The fourth-order valence-corrected chi connectivity index (χ4v) is 4.86. The van der Waals surface area contributed by atoms with Crippen LogP contribution in [0.15, 0.2) is 30.5 Å². The molecule has 1 aromatic heterocycles. The first-order valence-electron chi connectivity index (χ1n) is 11.4. The van der Waals surface area contributed by atoms with Crippen LogP contribution in [0.5, 0.6) is 6.01 Å². The number of aromatic nitrogens is 2. The highest BCUT2D eigenvalue weighted by atomic mass is 16.7. The molecule has 1 N–H and O–H groups in total. The lowest BCUT2D eigenvalue weighted by atomic mass is 9.98. The van der Waals surface area contributed by atoms with Crippen molar-refractivity contribution in [1.29, 1.82) is 0 Å². The van der Waals surface area contributed by atoms with E-state index in [1.165, 1.54) is 11.1 Å². The number of hydrogen-bond acceptors (Lipinski definition) is 8. The summed E-state index contributed by atoms with van der Waals surface area (Å²) in [6.45, 7) is 6.26. The van der Waals surface area contributed by atoms with E-state index < -0.39 is 22.4 Å². The molecule has 35 heavy (non-hydrogen) atoms. The molecule has 1 amide bonds.